The molecule has 1 fully saturated rings. The van der Waals surface area contributed by atoms with Gasteiger partial charge in [0.2, 0.25) is 5.91 Å². The molecule has 2 aromatic carbocycles. The number of nitrogens with zero attached hydrogens (tertiary/aromatic N) is 1. The van der Waals surface area contributed by atoms with E-state index in [4.69, 9.17) is 0 Å². The molecule has 1 N–H and O–H groups in total. The van der Waals surface area contributed by atoms with Gasteiger partial charge < -0.3 is 10.2 Å². The average Bonchev–Trinajstić information content (AvgIpc) is 3.11. The molecular weight excluding hydrogens is 356 g/mol. The number of fused-ring (bicyclic) bond motifs is 3. The Morgan fingerprint density at radius 3 is 2.55 bits per heavy atom. The van der Waals surface area contributed by atoms with E-state index in [2.05, 4.69) is 60.5 Å². The molecule has 3 heteroatoms. The van der Waals surface area contributed by atoms with Crippen LogP contribution in [-0.2, 0) is 11.2 Å². The van der Waals surface area contributed by atoms with Crippen LogP contribution in [0.4, 0.5) is 5.69 Å². The van der Waals surface area contributed by atoms with Crippen LogP contribution >= 0.6 is 0 Å². The van der Waals surface area contributed by atoms with Crippen LogP contribution in [0.1, 0.15) is 75.0 Å². The molecule has 1 aliphatic heterocycles. The number of benzene rings is 2. The zero-order valence-electron chi connectivity index (χ0n) is 18.0. The number of hydrogen-bond acceptors (Lipinski definition) is 2. The van der Waals surface area contributed by atoms with Crippen LogP contribution in [0.25, 0.3) is 11.1 Å². The van der Waals surface area contributed by atoms with Crippen LogP contribution in [0.5, 0.6) is 0 Å². The molecule has 1 saturated heterocycles. The number of unbranched alkanes of at least 4 members (excludes halogenated alkanes) is 1. The van der Waals surface area contributed by atoms with E-state index in [1.54, 1.807) is 0 Å². The van der Waals surface area contributed by atoms with Gasteiger partial charge in [0.1, 0.15) is 0 Å². The summed E-state index contributed by atoms with van der Waals surface area (Å²) in [6, 6.07) is 13.1. The molecule has 0 bridgehead atoms. The number of carbonyl (C=O) groups is 1. The van der Waals surface area contributed by atoms with Gasteiger partial charge in [-0.3, -0.25) is 4.79 Å². The third-order valence-electron chi connectivity index (χ3n) is 6.47. The van der Waals surface area contributed by atoms with E-state index in [-0.39, 0.29) is 11.8 Å². The van der Waals surface area contributed by atoms with Gasteiger partial charge in [-0.1, -0.05) is 50.6 Å². The van der Waals surface area contributed by atoms with E-state index in [1.165, 1.54) is 59.2 Å². The smallest absolute Gasteiger partial charge is 0.232 e. The number of piperidine rings is 1. The number of anilines is 1. The molecule has 1 amide bonds. The van der Waals surface area contributed by atoms with Crippen molar-refractivity contribution in [3.63, 3.8) is 0 Å². The molecule has 2 aromatic rings. The lowest BCUT2D eigenvalue weighted by molar-refractivity contribution is -0.121. The quantitative estimate of drug-likeness (QED) is 0.662. The van der Waals surface area contributed by atoms with Crippen LogP contribution in [0.15, 0.2) is 36.4 Å². The molecule has 29 heavy (non-hydrogen) atoms. The van der Waals surface area contributed by atoms with E-state index in [9.17, 15) is 4.79 Å². The minimum atomic E-state index is -0.177. The number of amides is 1. The van der Waals surface area contributed by atoms with Crippen molar-refractivity contribution in [1.29, 1.82) is 0 Å². The lowest BCUT2D eigenvalue weighted by atomic mass is 9.88. The summed E-state index contributed by atoms with van der Waals surface area (Å²) in [7, 11) is 0. The molecule has 0 saturated carbocycles. The van der Waals surface area contributed by atoms with Crippen LogP contribution in [0.2, 0.25) is 0 Å². The molecule has 1 heterocycles. The Labute approximate surface area is 175 Å². The molecule has 0 aromatic heterocycles. The van der Waals surface area contributed by atoms with Gasteiger partial charge in [-0.05, 0) is 72.4 Å². The lowest BCUT2D eigenvalue weighted by Gasteiger charge is -2.32. The second-order valence-corrected chi connectivity index (χ2v) is 8.49. The fraction of sp³-hybridized carbons (Fsp3) is 0.500. The summed E-state index contributed by atoms with van der Waals surface area (Å²) in [5, 5.41) is 3.19. The van der Waals surface area contributed by atoms with E-state index in [0.29, 0.717) is 0 Å². The molecule has 154 valence electrons. The molecular formula is C26H34N2O. The average molecular weight is 391 g/mol. The fourth-order valence-electron chi connectivity index (χ4n) is 5.04. The Balaban J connectivity index is 1.85. The van der Waals surface area contributed by atoms with Crippen molar-refractivity contribution in [2.75, 3.05) is 24.5 Å². The molecule has 1 atom stereocenters. The Kier molecular flexibility index (Phi) is 6.22. The predicted octanol–water partition coefficient (Wildman–Crippen LogP) is 5.66. The summed E-state index contributed by atoms with van der Waals surface area (Å²) in [4.78, 5) is 15.9. The van der Waals surface area contributed by atoms with Gasteiger partial charge in [0.05, 0.1) is 5.92 Å². The van der Waals surface area contributed by atoms with Crippen molar-refractivity contribution in [1.82, 2.24) is 5.32 Å². The minimum absolute atomic E-state index is 0.159. The lowest BCUT2D eigenvalue weighted by Crippen LogP contribution is -2.32. The highest BCUT2D eigenvalue weighted by molar-refractivity contribution is 5.98. The normalized spacial score (nSPS) is 17.7. The second-order valence-electron chi connectivity index (χ2n) is 8.49. The molecule has 4 rings (SSSR count). The first-order valence-corrected chi connectivity index (χ1v) is 11.5. The molecule has 1 unspecified atom stereocenters. The second kappa shape index (κ2) is 9.02. The summed E-state index contributed by atoms with van der Waals surface area (Å²) < 4.78 is 0. The minimum Gasteiger partial charge on any atom is -0.371 e. The van der Waals surface area contributed by atoms with Crippen molar-refractivity contribution >= 4 is 11.6 Å². The maximum Gasteiger partial charge on any atom is 0.232 e. The topological polar surface area (TPSA) is 32.3 Å². The van der Waals surface area contributed by atoms with Crippen molar-refractivity contribution in [3.05, 3.63) is 53.1 Å². The molecule has 1 aliphatic carbocycles. The Hall–Kier alpha value is -2.29. The zero-order chi connectivity index (χ0) is 20.2. The molecule has 3 nitrogen and oxygen atoms in total. The maximum atomic E-state index is 13.3. The highest BCUT2D eigenvalue weighted by Crippen LogP contribution is 2.49. The number of rotatable bonds is 7. The first-order chi connectivity index (χ1) is 14.3. The summed E-state index contributed by atoms with van der Waals surface area (Å²) >= 11 is 0. The molecule has 2 aliphatic rings. The summed E-state index contributed by atoms with van der Waals surface area (Å²) in [6.07, 6.45) is 8.22. The maximum absolute atomic E-state index is 13.3. The highest BCUT2D eigenvalue weighted by atomic mass is 16.1. The highest BCUT2D eigenvalue weighted by Gasteiger charge is 2.36. The number of nitrogens with one attached hydrogen (secondary N) is 1. The number of carbonyl (C=O) groups excluding carboxylic acids is 1. The van der Waals surface area contributed by atoms with Gasteiger partial charge in [-0.2, -0.15) is 0 Å². The fourth-order valence-corrected chi connectivity index (χ4v) is 5.04. The monoisotopic (exact) mass is 390 g/mol. The summed E-state index contributed by atoms with van der Waals surface area (Å²) in [6.45, 7) is 7.37. The third kappa shape index (κ3) is 3.80. The zero-order valence-corrected chi connectivity index (χ0v) is 18.0. The standard InChI is InChI=1S/C26H34N2O/c1-3-5-11-22-23(28-17-9-6-10-18-28)15-14-21-19-12-7-8-13-20(19)25(24(21)22)26(29)27-16-4-2/h7-8,12-15,25H,3-6,9-11,16-18H2,1-2H3,(H,27,29). The third-order valence-corrected chi connectivity index (χ3v) is 6.47. The van der Waals surface area contributed by atoms with Gasteiger partial charge in [0.15, 0.2) is 0 Å². The van der Waals surface area contributed by atoms with E-state index < -0.39 is 0 Å². The Morgan fingerprint density at radius 1 is 1.00 bits per heavy atom. The van der Waals surface area contributed by atoms with Crippen molar-refractivity contribution in [2.24, 2.45) is 0 Å². The largest absolute Gasteiger partial charge is 0.371 e. The van der Waals surface area contributed by atoms with Crippen molar-refractivity contribution < 1.29 is 4.79 Å². The van der Waals surface area contributed by atoms with Gasteiger partial charge in [-0.25, -0.2) is 0 Å². The van der Waals surface area contributed by atoms with Crippen molar-refractivity contribution in [3.8, 4) is 11.1 Å². The van der Waals surface area contributed by atoms with E-state index in [0.717, 1.165) is 38.9 Å². The van der Waals surface area contributed by atoms with Gasteiger partial charge >= 0.3 is 0 Å². The first-order valence-electron chi connectivity index (χ1n) is 11.5. The SMILES string of the molecule is CCCCc1c(N2CCCCC2)ccc2c1C(C(=O)NCCC)c1ccccc1-2. The Bertz CT molecular complexity index is 867. The van der Waals surface area contributed by atoms with Crippen LogP contribution in [-0.4, -0.2) is 25.5 Å². The van der Waals surface area contributed by atoms with Gasteiger partial charge in [0.25, 0.3) is 0 Å². The summed E-state index contributed by atoms with van der Waals surface area (Å²) in [5.74, 6) is -0.0176. The first kappa shape index (κ1) is 20.0. The van der Waals surface area contributed by atoms with Gasteiger partial charge in [-0.15, -0.1) is 0 Å². The van der Waals surface area contributed by atoms with E-state index in [1.807, 2.05) is 0 Å². The van der Waals surface area contributed by atoms with E-state index >= 15 is 0 Å². The van der Waals surface area contributed by atoms with Crippen LogP contribution in [0, 0.1) is 0 Å². The summed E-state index contributed by atoms with van der Waals surface area (Å²) in [5.41, 5.74) is 7.74. The Morgan fingerprint density at radius 2 is 1.79 bits per heavy atom. The van der Waals surface area contributed by atoms with Crippen LogP contribution < -0.4 is 10.2 Å². The van der Waals surface area contributed by atoms with Gasteiger partial charge in [0, 0.05) is 25.3 Å². The molecule has 0 spiro atoms. The van der Waals surface area contributed by atoms with Crippen molar-refractivity contribution in [2.45, 2.75) is 64.7 Å². The van der Waals surface area contributed by atoms with Crippen LogP contribution in [0.3, 0.4) is 0 Å². The number of hydrogen-bond donors (Lipinski definition) is 1. The predicted molar refractivity (Wildman–Crippen MR) is 122 cm³/mol. The molecule has 0 radical (unpaired) electrons.